The van der Waals surface area contributed by atoms with Crippen LogP contribution in [0.5, 0.6) is 0 Å². The van der Waals surface area contributed by atoms with Gasteiger partial charge in [-0.05, 0) is 25.7 Å². The first kappa shape index (κ1) is 16.3. The van der Waals surface area contributed by atoms with Gasteiger partial charge < -0.3 is 10.6 Å². The van der Waals surface area contributed by atoms with E-state index in [1.54, 1.807) is 0 Å². The highest BCUT2D eigenvalue weighted by Gasteiger charge is 2.30. The highest BCUT2D eigenvalue weighted by molar-refractivity contribution is 7.91. The first-order chi connectivity index (χ1) is 9.75. The first-order valence-corrected chi connectivity index (χ1v) is 9.84. The Morgan fingerprint density at radius 2 is 2.05 bits per heavy atom. The van der Waals surface area contributed by atoms with Gasteiger partial charge in [0, 0.05) is 26.3 Å². The number of nitrogens with zero attached hydrogens (tertiary/aromatic N) is 1. The highest BCUT2D eigenvalue weighted by atomic mass is 32.2. The third-order valence-electron chi connectivity index (χ3n) is 3.95. The number of carbonyl (C=O) groups is 1. The van der Waals surface area contributed by atoms with E-state index in [1.165, 1.54) is 37.5 Å². The molecule has 2 rings (SSSR count). The number of nitrogen functional groups attached to an aromatic ring is 1. The van der Waals surface area contributed by atoms with Crippen LogP contribution < -0.4 is 10.6 Å². The fourth-order valence-electron chi connectivity index (χ4n) is 2.59. The SMILES string of the molecule is CCN(CC1CCC1)c1sc(C(C)=O)c(N)c1S(C)(=O)=O. The molecule has 0 atom stereocenters. The lowest BCUT2D eigenvalue weighted by atomic mass is 9.85. The molecule has 0 saturated heterocycles. The Kier molecular flexibility index (Phi) is 4.63. The zero-order valence-electron chi connectivity index (χ0n) is 12.7. The summed E-state index contributed by atoms with van der Waals surface area (Å²) in [6, 6.07) is 0. The predicted octanol–water partition coefficient (Wildman–Crippen LogP) is 2.56. The van der Waals surface area contributed by atoms with E-state index >= 15 is 0 Å². The number of sulfone groups is 1. The first-order valence-electron chi connectivity index (χ1n) is 7.13. The van der Waals surface area contributed by atoms with E-state index in [1.807, 2.05) is 11.8 Å². The summed E-state index contributed by atoms with van der Waals surface area (Å²) in [5, 5.41) is 0.620. The van der Waals surface area contributed by atoms with Crippen LogP contribution >= 0.6 is 11.3 Å². The van der Waals surface area contributed by atoms with Gasteiger partial charge in [0.2, 0.25) is 0 Å². The topological polar surface area (TPSA) is 80.5 Å². The molecular formula is C14H22N2O3S2. The van der Waals surface area contributed by atoms with Crippen LogP contribution in [-0.4, -0.2) is 33.5 Å². The fraction of sp³-hybridized carbons (Fsp3) is 0.643. The lowest BCUT2D eigenvalue weighted by molar-refractivity contribution is 0.102. The van der Waals surface area contributed by atoms with E-state index < -0.39 is 9.84 Å². The molecule has 1 aliphatic carbocycles. The standard InChI is InChI=1S/C14H22N2O3S2/c1-4-16(8-10-6-5-7-10)14-13(21(3,18)19)11(15)12(20-14)9(2)17/h10H,4-8,15H2,1-3H3. The molecule has 1 aromatic rings. The van der Waals surface area contributed by atoms with E-state index in [2.05, 4.69) is 0 Å². The van der Waals surface area contributed by atoms with E-state index in [4.69, 9.17) is 5.73 Å². The smallest absolute Gasteiger partial charge is 0.180 e. The van der Waals surface area contributed by atoms with E-state index in [-0.39, 0.29) is 16.4 Å². The third kappa shape index (κ3) is 3.23. The lowest BCUT2D eigenvalue weighted by Gasteiger charge is -2.32. The van der Waals surface area contributed by atoms with E-state index in [9.17, 15) is 13.2 Å². The van der Waals surface area contributed by atoms with Crippen LogP contribution in [0.4, 0.5) is 10.7 Å². The van der Waals surface area contributed by atoms with Crippen molar-refractivity contribution in [1.29, 1.82) is 0 Å². The minimum absolute atomic E-state index is 0.108. The highest BCUT2D eigenvalue weighted by Crippen LogP contribution is 2.42. The van der Waals surface area contributed by atoms with Gasteiger partial charge in [-0.3, -0.25) is 4.79 Å². The second kappa shape index (κ2) is 5.96. The molecule has 0 bridgehead atoms. The van der Waals surface area contributed by atoms with Crippen LogP contribution in [0.1, 0.15) is 42.8 Å². The molecule has 1 heterocycles. The maximum atomic E-state index is 12.1. The Labute approximate surface area is 130 Å². The normalized spacial score (nSPS) is 15.8. The summed E-state index contributed by atoms with van der Waals surface area (Å²) < 4.78 is 24.2. The second-order valence-corrected chi connectivity index (χ2v) is 8.59. The monoisotopic (exact) mass is 330 g/mol. The van der Waals surface area contributed by atoms with Crippen LogP contribution in [0.2, 0.25) is 0 Å². The Bertz CT molecular complexity index is 645. The zero-order chi connectivity index (χ0) is 15.8. The maximum Gasteiger partial charge on any atom is 0.180 e. The molecule has 118 valence electrons. The largest absolute Gasteiger partial charge is 0.396 e. The molecule has 0 aromatic carbocycles. The van der Waals surface area contributed by atoms with Gasteiger partial charge in [-0.25, -0.2) is 8.42 Å². The summed E-state index contributed by atoms with van der Waals surface area (Å²) in [5.41, 5.74) is 6.05. The van der Waals surface area contributed by atoms with Crippen LogP contribution in [0.25, 0.3) is 0 Å². The third-order valence-corrected chi connectivity index (χ3v) is 6.60. The summed E-state index contributed by atoms with van der Waals surface area (Å²) in [4.78, 5) is 14.2. The molecule has 21 heavy (non-hydrogen) atoms. The van der Waals surface area contributed by atoms with Crippen LogP contribution in [-0.2, 0) is 9.84 Å². The number of thiophene rings is 1. The number of Topliss-reactive ketones (excluding diaryl/α,β-unsaturated/α-hetero) is 1. The van der Waals surface area contributed by atoms with Gasteiger partial charge in [0.15, 0.2) is 15.6 Å². The Balaban J connectivity index is 2.49. The number of nitrogens with two attached hydrogens (primary N) is 1. The molecule has 1 saturated carbocycles. The van der Waals surface area contributed by atoms with Gasteiger partial charge in [-0.15, -0.1) is 11.3 Å². The van der Waals surface area contributed by atoms with Crippen molar-refractivity contribution in [2.45, 2.75) is 38.0 Å². The van der Waals surface area contributed by atoms with Crippen molar-refractivity contribution in [2.24, 2.45) is 5.92 Å². The van der Waals surface area contributed by atoms with Crippen molar-refractivity contribution in [3.8, 4) is 0 Å². The number of hydrogen-bond acceptors (Lipinski definition) is 6. The van der Waals surface area contributed by atoms with Gasteiger partial charge in [0.05, 0.1) is 10.6 Å². The Morgan fingerprint density at radius 3 is 2.43 bits per heavy atom. The number of rotatable bonds is 6. The molecule has 0 aliphatic heterocycles. The quantitative estimate of drug-likeness (QED) is 0.811. The van der Waals surface area contributed by atoms with Gasteiger partial charge >= 0.3 is 0 Å². The molecule has 0 radical (unpaired) electrons. The molecule has 5 nitrogen and oxygen atoms in total. The molecule has 7 heteroatoms. The Morgan fingerprint density at radius 1 is 1.43 bits per heavy atom. The van der Waals surface area contributed by atoms with Crippen molar-refractivity contribution in [1.82, 2.24) is 0 Å². The van der Waals surface area contributed by atoms with Crippen LogP contribution in [0.15, 0.2) is 4.90 Å². The number of ketones is 1. The second-order valence-electron chi connectivity index (χ2n) is 5.64. The van der Waals surface area contributed by atoms with E-state index in [0.717, 1.165) is 12.8 Å². The minimum atomic E-state index is -3.46. The summed E-state index contributed by atoms with van der Waals surface area (Å²) in [6.45, 7) is 4.95. The van der Waals surface area contributed by atoms with Crippen LogP contribution in [0.3, 0.4) is 0 Å². The molecule has 1 fully saturated rings. The fourth-order valence-corrected chi connectivity index (χ4v) is 5.26. The molecule has 2 N–H and O–H groups in total. The summed E-state index contributed by atoms with van der Waals surface area (Å²) >= 11 is 1.20. The van der Waals surface area contributed by atoms with Crippen LogP contribution in [0, 0.1) is 5.92 Å². The molecule has 0 amide bonds. The average Bonchev–Trinajstić information content (AvgIpc) is 2.65. The van der Waals surface area contributed by atoms with Crippen molar-refractivity contribution in [3.05, 3.63) is 4.88 Å². The molecule has 1 aromatic heterocycles. The number of anilines is 2. The molecule has 1 aliphatic rings. The van der Waals surface area contributed by atoms with E-state index in [0.29, 0.717) is 22.3 Å². The van der Waals surface area contributed by atoms with Crippen molar-refractivity contribution < 1.29 is 13.2 Å². The van der Waals surface area contributed by atoms with Crippen molar-refractivity contribution in [2.75, 3.05) is 30.0 Å². The lowest BCUT2D eigenvalue weighted by Crippen LogP contribution is -2.32. The number of carbonyl (C=O) groups excluding carboxylic acids is 1. The van der Waals surface area contributed by atoms with Gasteiger partial charge in [0.25, 0.3) is 0 Å². The predicted molar refractivity (Wildman–Crippen MR) is 87.1 cm³/mol. The van der Waals surface area contributed by atoms with Gasteiger partial charge in [-0.2, -0.15) is 0 Å². The van der Waals surface area contributed by atoms with Crippen molar-refractivity contribution in [3.63, 3.8) is 0 Å². The maximum absolute atomic E-state index is 12.1. The summed E-state index contributed by atoms with van der Waals surface area (Å²) in [6.07, 6.45) is 4.76. The van der Waals surface area contributed by atoms with Gasteiger partial charge in [0.1, 0.15) is 9.90 Å². The minimum Gasteiger partial charge on any atom is -0.396 e. The van der Waals surface area contributed by atoms with Gasteiger partial charge in [-0.1, -0.05) is 6.42 Å². The molecule has 0 unspecified atom stereocenters. The zero-order valence-corrected chi connectivity index (χ0v) is 14.3. The van der Waals surface area contributed by atoms with Crippen molar-refractivity contribution >= 4 is 37.6 Å². The summed E-state index contributed by atoms with van der Waals surface area (Å²) in [7, 11) is -3.46. The average molecular weight is 330 g/mol. The number of hydrogen-bond donors (Lipinski definition) is 1. The Hall–Kier alpha value is -1.08. The molecular weight excluding hydrogens is 308 g/mol. The summed E-state index contributed by atoms with van der Waals surface area (Å²) in [5.74, 6) is 0.426. The molecule has 0 spiro atoms.